The van der Waals surface area contributed by atoms with Gasteiger partial charge in [-0.05, 0) is 42.3 Å². The molecule has 2 amide bonds. The number of aromatic nitrogens is 3. The third-order valence-corrected chi connectivity index (χ3v) is 4.67. The molecule has 2 aromatic carbocycles. The average molecular weight is 387 g/mol. The summed E-state index contributed by atoms with van der Waals surface area (Å²) < 4.78 is 1.73. The highest BCUT2D eigenvalue weighted by molar-refractivity contribution is 6.02. The molecule has 3 aromatic rings. The van der Waals surface area contributed by atoms with Crippen LogP contribution in [0.5, 0.6) is 0 Å². The van der Waals surface area contributed by atoms with Gasteiger partial charge in [0.05, 0.1) is 12.7 Å². The minimum atomic E-state index is -0.257. The van der Waals surface area contributed by atoms with Gasteiger partial charge in [0, 0.05) is 30.4 Å². The van der Waals surface area contributed by atoms with Crippen molar-refractivity contribution in [3.05, 3.63) is 78.1 Å². The van der Waals surface area contributed by atoms with Gasteiger partial charge in [0.15, 0.2) is 0 Å². The minimum absolute atomic E-state index is 0.144. The Balaban J connectivity index is 1.32. The number of hydrogen-bond donors (Lipinski definition) is 1. The topological polar surface area (TPSA) is 80.1 Å². The van der Waals surface area contributed by atoms with Gasteiger partial charge in [-0.2, -0.15) is 0 Å². The van der Waals surface area contributed by atoms with Crippen LogP contribution in [0.25, 0.3) is 6.08 Å². The van der Waals surface area contributed by atoms with E-state index in [1.807, 2.05) is 42.5 Å². The van der Waals surface area contributed by atoms with Crippen molar-refractivity contribution in [2.45, 2.75) is 19.4 Å². The zero-order valence-electron chi connectivity index (χ0n) is 15.9. The molecule has 0 spiro atoms. The summed E-state index contributed by atoms with van der Waals surface area (Å²) in [7, 11) is 0. The van der Waals surface area contributed by atoms with E-state index in [-0.39, 0.29) is 11.8 Å². The van der Waals surface area contributed by atoms with Gasteiger partial charge in [-0.1, -0.05) is 35.5 Å². The van der Waals surface area contributed by atoms with Gasteiger partial charge in [0.25, 0.3) is 0 Å². The number of nitrogens with zero attached hydrogens (tertiary/aromatic N) is 4. The number of amides is 2. The average Bonchev–Trinajstić information content (AvgIpc) is 3.37. The van der Waals surface area contributed by atoms with Crippen LogP contribution in [0.3, 0.4) is 0 Å². The fourth-order valence-electron chi connectivity index (χ4n) is 3.23. The van der Waals surface area contributed by atoms with E-state index in [9.17, 15) is 9.59 Å². The van der Waals surface area contributed by atoms with Crippen LogP contribution >= 0.6 is 0 Å². The van der Waals surface area contributed by atoms with Crippen molar-refractivity contribution in [3.63, 3.8) is 0 Å². The molecule has 1 fully saturated rings. The molecule has 0 radical (unpaired) electrons. The lowest BCUT2D eigenvalue weighted by atomic mass is 10.2. The van der Waals surface area contributed by atoms with Crippen molar-refractivity contribution < 1.29 is 9.59 Å². The number of benzene rings is 2. The Morgan fingerprint density at radius 3 is 2.62 bits per heavy atom. The first kappa shape index (κ1) is 18.6. The third kappa shape index (κ3) is 4.76. The Morgan fingerprint density at radius 2 is 1.90 bits per heavy atom. The molecular formula is C22H21N5O2. The SMILES string of the molecule is O=C(/C=C/c1cn(Cc2ccccc2)nn1)Nc1ccc(N2CCCC2=O)cc1. The van der Waals surface area contributed by atoms with E-state index in [2.05, 4.69) is 15.6 Å². The van der Waals surface area contributed by atoms with E-state index >= 15 is 0 Å². The zero-order chi connectivity index (χ0) is 20.1. The number of anilines is 2. The number of rotatable bonds is 6. The molecule has 1 saturated heterocycles. The molecule has 2 heterocycles. The van der Waals surface area contributed by atoms with Crippen LogP contribution in [-0.2, 0) is 16.1 Å². The van der Waals surface area contributed by atoms with Crippen molar-refractivity contribution in [1.29, 1.82) is 0 Å². The lowest BCUT2D eigenvalue weighted by Crippen LogP contribution is -2.23. The molecule has 0 atom stereocenters. The molecule has 29 heavy (non-hydrogen) atoms. The molecule has 146 valence electrons. The van der Waals surface area contributed by atoms with E-state index in [0.29, 0.717) is 24.3 Å². The summed E-state index contributed by atoms with van der Waals surface area (Å²) in [6.45, 7) is 1.37. The van der Waals surface area contributed by atoms with E-state index in [1.54, 1.807) is 34.0 Å². The number of hydrogen-bond acceptors (Lipinski definition) is 4. The first-order valence-electron chi connectivity index (χ1n) is 9.51. The van der Waals surface area contributed by atoms with Gasteiger partial charge in [-0.15, -0.1) is 5.10 Å². The number of carbonyl (C=O) groups excluding carboxylic acids is 2. The van der Waals surface area contributed by atoms with Crippen molar-refractivity contribution in [2.75, 3.05) is 16.8 Å². The fraction of sp³-hybridized carbons (Fsp3) is 0.182. The summed E-state index contributed by atoms with van der Waals surface area (Å²) in [5.74, 6) is -0.113. The molecule has 1 aromatic heterocycles. The maximum atomic E-state index is 12.2. The first-order valence-corrected chi connectivity index (χ1v) is 9.51. The number of carbonyl (C=O) groups is 2. The standard InChI is InChI=1S/C22H21N5O2/c28-21(23-18-8-11-20(12-9-18)27-14-4-7-22(27)29)13-10-19-16-26(25-24-19)15-17-5-2-1-3-6-17/h1-3,5-6,8-13,16H,4,7,14-15H2,(H,23,28)/b13-10+. The summed E-state index contributed by atoms with van der Waals surface area (Å²) in [6.07, 6.45) is 6.33. The second-order valence-electron chi connectivity index (χ2n) is 6.84. The molecule has 1 aliphatic rings. The van der Waals surface area contributed by atoms with Crippen LogP contribution in [0.15, 0.2) is 66.9 Å². The van der Waals surface area contributed by atoms with E-state index in [4.69, 9.17) is 0 Å². The summed E-state index contributed by atoms with van der Waals surface area (Å²) >= 11 is 0. The highest BCUT2D eigenvalue weighted by Gasteiger charge is 2.21. The normalized spacial score (nSPS) is 13.9. The minimum Gasteiger partial charge on any atom is -0.323 e. The van der Waals surface area contributed by atoms with Crippen molar-refractivity contribution in [1.82, 2.24) is 15.0 Å². The zero-order valence-corrected chi connectivity index (χ0v) is 15.9. The van der Waals surface area contributed by atoms with Crippen LogP contribution in [0.2, 0.25) is 0 Å². The Labute approximate surface area is 168 Å². The lowest BCUT2D eigenvalue weighted by Gasteiger charge is -2.15. The Bertz CT molecular complexity index is 1020. The molecular weight excluding hydrogens is 366 g/mol. The fourth-order valence-corrected chi connectivity index (χ4v) is 3.23. The van der Waals surface area contributed by atoms with E-state index in [0.717, 1.165) is 24.2 Å². The summed E-state index contributed by atoms with van der Waals surface area (Å²) in [4.78, 5) is 25.7. The second kappa shape index (κ2) is 8.52. The van der Waals surface area contributed by atoms with Crippen LogP contribution < -0.4 is 10.2 Å². The van der Waals surface area contributed by atoms with Crippen LogP contribution in [-0.4, -0.2) is 33.4 Å². The maximum absolute atomic E-state index is 12.2. The molecule has 1 N–H and O–H groups in total. The van der Waals surface area contributed by atoms with Gasteiger partial charge in [0.1, 0.15) is 5.69 Å². The third-order valence-electron chi connectivity index (χ3n) is 4.67. The van der Waals surface area contributed by atoms with Crippen LogP contribution in [0, 0.1) is 0 Å². The second-order valence-corrected chi connectivity index (χ2v) is 6.84. The summed E-state index contributed by atoms with van der Waals surface area (Å²) in [6, 6.07) is 17.3. The highest BCUT2D eigenvalue weighted by atomic mass is 16.2. The van der Waals surface area contributed by atoms with Gasteiger partial charge in [-0.3, -0.25) is 9.59 Å². The summed E-state index contributed by atoms with van der Waals surface area (Å²) in [5, 5.41) is 10.9. The smallest absolute Gasteiger partial charge is 0.248 e. The molecule has 0 bridgehead atoms. The summed E-state index contributed by atoms with van der Waals surface area (Å²) in [5.41, 5.74) is 3.27. The van der Waals surface area contributed by atoms with Crippen molar-refractivity contribution in [2.24, 2.45) is 0 Å². The van der Waals surface area contributed by atoms with Gasteiger partial charge >= 0.3 is 0 Å². The molecule has 7 heteroatoms. The first-order chi connectivity index (χ1) is 14.2. The Hall–Kier alpha value is -3.74. The predicted octanol–water partition coefficient (Wildman–Crippen LogP) is 3.11. The largest absolute Gasteiger partial charge is 0.323 e. The molecule has 4 rings (SSSR count). The predicted molar refractivity (Wildman–Crippen MR) is 111 cm³/mol. The van der Waals surface area contributed by atoms with E-state index < -0.39 is 0 Å². The van der Waals surface area contributed by atoms with Gasteiger partial charge in [0.2, 0.25) is 11.8 Å². The molecule has 7 nitrogen and oxygen atoms in total. The van der Waals surface area contributed by atoms with Crippen LogP contribution in [0.4, 0.5) is 11.4 Å². The van der Waals surface area contributed by atoms with Crippen LogP contribution in [0.1, 0.15) is 24.1 Å². The van der Waals surface area contributed by atoms with Crippen molar-refractivity contribution in [3.8, 4) is 0 Å². The molecule has 0 aliphatic carbocycles. The van der Waals surface area contributed by atoms with Gasteiger partial charge in [-0.25, -0.2) is 4.68 Å². The highest BCUT2D eigenvalue weighted by Crippen LogP contribution is 2.23. The van der Waals surface area contributed by atoms with Crippen molar-refractivity contribution >= 4 is 29.3 Å². The van der Waals surface area contributed by atoms with E-state index in [1.165, 1.54) is 6.08 Å². The molecule has 0 unspecified atom stereocenters. The van der Waals surface area contributed by atoms with Gasteiger partial charge < -0.3 is 10.2 Å². The quantitative estimate of drug-likeness (QED) is 0.659. The maximum Gasteiger partial charge on any atom is 0.248 e. The molecule has 1 aliphatic heterocycles. The lowest BCUT2D eigenvalue weighted by molar-refractivity contribution is -0.117. The Morgan fingerprint density at radius 1 is 1.10 bits per heavy atom. The number of nitrogens with one attached hydrogen (secondary N) is 1. The molecule has 0 saturated carbocycles. The monoisotopic (exact) mass is 387 g/mol. The Kier molecular flexibility index (Phi) is 5.47.